The summed E-state index contributed by atoms with van der Waals surface area (Å²) < 4.78 is 0. The lowest BCUT2D eigenvalue weighted by Gasteiger charge is -2.21. The molecule has 0 fully saturated rings. The normalized spacial score (nSPS) is 10.6. The second-order valence-corrected chi connectivity index (χ2v) is 6.34. The largest absolute Gasteiger partial charge is 0.335 e. The number of rotatable bonds is 7. The lowest BCUT2D eigenvalue weighted by atomic mass is 10.2. The van der Waals surface area contributed by atoms with Gasteiger partial charge in [-0.3, -0.25) is 14.5 Å². The molecule has 6 heteroatoms. The van der Waals surface area contributed by atoms with E-state index in [-0.39, 0.29) is 24.9 Å². The van der Waals surface area contributed by atoms with Crippen molar-refractivity contribution in [2.24, 2.45) is 0 Å². The Labute approximate surface area is 153 Å². The summed E-state index contributed by atoms with van der Waals surface area (Å²) in [4.78, 5) is 27.7. The Morgan fingerprint density at radius 1 is 0.960 bits per heavy atom. The van der Waals surface area contributed by atoms with Crippen LogP contribution in [0, 0.1) is 0 Å². The molecule has 0 aliphatic heterocycles. The lowest BCUT2D eigenvalue weighted by Crippen LogP contribution is -2.40. The molecule has 1 N–H and O–H groups in total. The van der Waals surface area contributed by atoms with Gasteiger partial charge >= 0.3 is 0 Å². The van der Waals surface area contributed by atoms with E-state index in [4.69, 9.17) is 11.6 Å². The molecule has 0 unspecified atom stereocenters. The molecule has 132 valence electrons. The summed E-state index contributed by atoms with van der Waals surface area (Å²) in [6, 6.07) is 16.9. The molecule has 0 heterocycles. The first-order valence-electron chi connectivity index (χ1n) is 7.96. The maximum absolute atomic E-state index is 12.3. The first kappa shape index (κ1) is 19.0. The highest BCUT2D eigenvalue weighted by molar-refractivity contribution is 6.33. The summed E-state index contributed by atoms with van der Waals surface area (Å²) in [6.45, 7) is 0.889. The Hall–Kier alpha value is -2.37. The topological polar surface area (TPSA) is 52.7 Å². The predicted octanol–water partition coefficient (Wildman–Crippen LogP) is 2.87. The molecule has 0 aliphatic carbocycles. The minimum atomic E-state index is -0.283. The monoisotopic (exact) mass is 359 g/mol. The quantitative estimate of drug-likeness (QED) is 0.827. The molecule has 0 aromatic heterocycles. The molecule has 2 amide bonds. The van der Waals surface area contributed by atoms with Gasteiger partial charge < -0.3 is 10.2 Å². The van der Waals surface area contributed by atoms with E-state index < -0.39 is 0 Å². The van der Waals surface area contributed by atoms with E-state index in [2.05, 4.69) is 5.32 Å². The molecule has 25 heavy (non-hydrogen) atoms. The van der Waals surface area contributed by atoms with Crippen LogP contribution in [0.4, 0.5) is 5.69 Å². The number of anilines is 1. The van der Waals surface area contributed by atoms with E-state index in [1.165, 1.54) is 4.90 Å². The van der Waals surface area contributed by atoms with Gasteiger partial charge in [0, 0.05) is 13.6 Å². The molecule has 0 saturated heterocycles. The van der Waals surface area contributed by atoms with E-state index in [1.807, 2.05) is 42.3 Å². The van der Waals surface area contributed by atoms with Crippen LogP contribution in [0.5, 0.6) is 0 Å². The molecule has 2 rings (SSSR count). The molecule has 0 saturated carbocycles. The molecule has 0 bridgehead atoms. The standard InChI is InChI=1S/C19H22ClN3O2/c1-22(12-15-8-4-3-5-9-15)14-19(25)23(2)13-18(24)21-17-11-7-6-10-16(17)20/h3-11H,12-14H2,1-2H3,(H,21,24). The average Bonchev–Trinajstić information content (AvgIpc) is 2.57. The molecule has 2 aromatic rings. The fraction of sp³-hybridized carbons (Fsp3) is 0.263. The van der Waals surface area contributed by atoms with Crippen LogP contribution in [-0.4, -0.2) is 48.8 Å². The van der Waals surface area contributed by atoms with Crippen LogP contribution in [0.1, 0.15) is 5.56 Å². The van der Waals surface area contributed by atoms with Crippen molar-refractivity contribution in [1.82, 2.24) is 9.80 Å². The van der Waals surface area contributed by atoms with E-state index in [9.17, 15) is 9.59 Å². The third kappa shape index (κ3) is 6.21. The number of hydrogen-bond donors (Lipinski definition) is 1. The first-order chi connectivity index (χ1) is 12.0. The van der Waals surface area contributed by atoms with E-state index in [1.54, 1.807) is 31.3 Å². The second-order valence-electron chi connectivity index (χ2n) is 5.94. The van der Waals surface area contributed by atoms with Crippen molar-refractivity contribution < 1.29 is 9.59 Å². The van der Waals surface area contributed by atoms with Crippen LogP contribution >= 0.6 is 11.6 Å². The summed E-state index contributed by atoms with van der Waals surface area (Å²) in [5.41, 5.74) is 1.67. The number of nitrogens with zero attached hydrogens (tertiary/aromatic N) is 2. The van der Waals surface area contributed by atoms with Gasteiger partial charge in [-0.2, -0.15) is 0 Å². The second kappa shape index (κ2) is 9.20. The summed E-state index contributed by atoms with van der Waals surface area (Å²) in [7, 11) is 3.49. The lowest BCUT2D eigenvalue weighted by molar-refractivity contribution is -0.134. The van der Waals surface area contributed by atoms with E-state index >= 15 is 0 Å². The highest BCUT2D eigenvalue weighted by atomic mass is 35.5. The van der Waals surface area contributed by atoms with E-state index in [0.29, 0.717) is 17.3 Å². The zero-order chi connectivity index (χ0) is 18.2. The number of nitrogens with one attached hydrogen (secondary N) is 1. The SMILES string of the molecule is CN(CC(=O)N(C)CC(=O)Nc1ccccc1Cl)Cc1ccccc1. The third-order valence-electron chi connectivity index (χ3n) is 3.65. The van der Waals surface area contributed by atoms with Gasteiger partial charge in [-0.1, -0.05) is 54.1 Å². The fourth-order valence-electron chi connectivity index (χ4n) is 2.36. The Morgan fingerprint density at radius 2 is 1.60 bits per heavy atom. The maximum Gasteiger partial charge on any atom is 0.244 e. The van der Waals surface area contributed by atoms with Gasteiger partial charge in [-0.05, 0) is 24.7 Å². The zero-order valence-corrected chi connectivity index (χ0v) is 15.2. The van der Waals surface area contributed by atoms with Gasteiger partial charge in [0.15, 0.2) is 0 Å². The first-order valence-corrected chi connectivity index (χ1v) is 8.34. The van der Waals surface area contributed by atoms with Crippen molar-refractivity contribution in [1.29, 1.82) is 0 Å². The van der Waals surface area contributed by atoms with Gasteiger partial charge in [0.05, 0.1) is 23.8 Å². The number of carbonyl (C=O) groups is 2. The van der Waals surface area contributed by atoms with Gasteiger partial charge in [0.1, 0.15) is 0 Å². The van der Waals surface area contributed by atoms with Crippen LogP contribution in [0.2, 0.25) is 5.02 Å². The number of hydrogen-bond acceptors (Lipinski definition) is 3. The minimum Gasteiger partial charge on any atom is -0.335 e. The molecular weight excluding hydrogens is 338 g/mol. The fourth-order valence-corrected chi connectivity index (χ4v) is 2.54. The Morgan fingerprint density at radius 3 is 2.28 bits per heavy atom. The van der Waals surface area contributed by atoms with Crippen LogP contribution in [0.25, 0.3) is 0 Å². The molecule has 0 radical (unpaired) electrons. The summed E-state index contributed by atoms with van der Waals surface area (Å²) in [5, 5.41) is 3.18. The van der Waals surface area contributed by atoms with Crippen molar-refractivity contribution in [2.75, 3.05) is 32.5 Å². The molecule has 0 atom stereocenters. The highest BCUT2D eigenvalue weighted by Gasteiger charge is 2.15. The Kier molecular flexibility index (Phi) is 6.98. The van der Waals surface area contributed by atoms with Gasteiger partial charge in [0.25, 0.3) is 0 Å². The smallest absolute Gasteiger partial charge is 0.244 e. The average molecular weight is 360 g/mol. The molecule has 0 spiro atoms. The van der Waals surface area contributed by atoms with Gasteiger partial charge in [-0.15, -0.1) is 0 Å². The van der Waals surface area contributed by atoms with E-state index in [0.717, 1.165) is 5.56 Å². The molecular formula is C19H22ClN3O2. The van der Waals surface area contributed by atoms with Gasteiger partial charge in [0.2, 0.25) is 11.8 Å². The molecule has 5 nitrogen and oxygen atoms in total. The highest BCUT2D eigenvalue weighted by Crippen LogP contribution is 2.20. The third-order valence-corrected chi connectivity index (χ3v) is 3.98. The van der Waals surface area contributed by atoms with Crippen molar-refractivity contribution >= 4 is 29.1 Å². The van der Waals surface area contributed by atoms with Crippen molar-refractivity contribution in [3.8, 4) is 0 Å². The number of amides is 2. The summed E-state index contributed by atoms with van der Waals surface area (Å²) >= 11 is 6.01. The number of para-hydroxylation sites is 1. The summed E-state index contributed by atoms with van der Waals surface area (Å²) in [5.74, 6) is -0.401. The Balaban J connectivity index is 1.81. The van der Waals surface area contributed by atoms with Crippen LogP contribution in [0.3, 0.4) is 0 Å². The Bertz CT molecular complexity index is 722. The number of carbonyl (C=O) groups excluding carboxylic acids is 2. The minimum absolute atomic E-state index is 0.0246. The molecule has 0 aliphatic rings. The predicted molar refractivity (Wildman–Crippen MR) is 100 cm³/mol. The number of halogens is 1. The number of benzene rings is 2. The molecule has 2 aromatic carbocycles. The van der Waals surface area contributed by atoms with Crippen molar-refractivity contribution in [3.05, 3.63) is 65.2 Å². The van der Waals surface area contributed by atoms with Crippen LogP contribution in [0.15, 0.2) is 54.6 Å². The van der Waals surface area contributed by atoms with Crippen LogP contribution in [-0.2, 0) is 16.1 Å². The van der Waals surface area contributed by atoms with Crippen molar-refractivity contribution in [3.63, 3.8) is 0 Å². The zero-order valence-electron chi connectivity index (χ0n) is 14.4. The van der Waals surface area contributed by atoms with Crippen molar-refractivity contribution in [2.45, 2.75) is 6.54 Å². The summed E-state index contributed by atoms with van der Waals surface area (Å²) in [6.07, 6.45) is 0. The number of likely N-dealkylation sites (N-methyl/N-ethyl adjacent to an activating group) is 2. The maximum atomic E-state index is 12.3. The van der Waals surface area contributed by atoms with Gasteiger partial charge in [-0.25, -0.2) is 0 Å². The van der Waals surface area contributed by atoms with Crippen LogP contribution < -0.4 is 5.32 Å².